The van der Waals surface area contributed by atoms with Gasteiger partial charge in [0.05, 0.1) is 11.4 Å². The second-order valence-electron chi connectivity index (χ2n) is 4.20. The van der Waals surface area contributed by atoms with Gasteiger partial charge in [-0.25, -0.2) is 0 Å². The molecule has 0 bridgehead atoms. The molecule has 1 aromatic carbocycles. The lowest BCUT2D eigenvalue weighted by Gasteiger charge is -2.20. The van der Waals surface area contributed by atoms with E-state index in [1.165, 1.54) is 6.42 Å². The summed E-state index contributed by atoms with van der Waals surface area (Å²) in [6.45, 7) is 0. The zero-order valence-corrected chi connectivity index (χ0v) is 9.28. The highest BCUT2D eigenvalue weighted by atomic mass is 16.1. The number of hydrogen-bond acceptors (Lipinski definition) is 2. The third-order valence-electron chi connectivity index (χ3n) is 2.98. The highest BCUT2D eigenvalue weighted by Crippen LogP contribution is 2.25. The summed E-state index contributed by atoms with van der Waals surface area (Å²) in [5.74, 6) is 0.117. The molecular weight excluding hydrogens is 200 g/mol. The molecule has 0 saturated heterocycles. The second-order valence-corrected chi connectivity index (χ2v) is 4.20. The number of amides is 1. The van der Waals surface area contributed by atoms with Gasteiger partial charge in [0, 0.05) is 5.92 Å². The number of nitrogens with two attached hydrogens (primary N) is 1. The normalized spacial score (nSPS) is 17.0. The number of nitrogens with one attached hydrogen (secondary N) is 1. The minimum absolute atomic E-state index is 0.0494. The number of para-hydroxylation sites is 2. The van der Waals surface area contributed by atoms with Gasteiger partial charge in [-0.1, -0.05) is 25.0 Å². The zero-order valence-electron chi connectivity index (χ0n) is 9.28. The maximum atomic E-state index is 11.9. The van der Waals surface area contributed by atoms with Gasteiger partial charge in [0.25, 0.3) is 0 Å². The molecule has 0 heterocycles. The number of nitrogen functional groups attached to an aromatic ring is 1. The van der Waals surface area contributed by atoms with E-state index >= 15 is 0 Å². The van der Waals surface area contributed by atoms with E-state index in [4.69, 9.17) is 5.73 Å². The zero-order chi connectivity index (χ0) is 11.4. The van der Waals surface area contributed by atoms with Crippen molar-refractivity contribution in [2.24, 2.45) is 5.92 Å². The Labute approximate surface area is 96.0 Å². The lowest BCUT2D eigenvalue weighted by atomic mass is 9.88. The Kier molecular flexibility index (Phi) is 3.44. The van der Waals surface area contributed by atoms with Crippen LogP contribution in [-0.4, -0.2) is 5.91 Å². The van der Waals surface area contributed by atoms with E-state index < -0.39 is 0 Å². The SMILES string of the molecule is Nc1ccccc1NC(=O)C1[CH]CCCC1. The van der Waals surface area contributed by atoms with Gasteiger partial charge in [-0.2, -0.15) is 0 Å². The first-order valence-corrected chi connectivity index (χ1v) is 5.76. The minimum Gasteiger partial charge on any atom is -0.397 e. The molecule has 1 aromatic rings. The number of hydrogen-bond donors (Lipinski definition) is 2. The number of benzene rings is 1. The first-order valence-electron chi connectivity index (χ1n) is 5.76. The van der Waals surface area contributed by atoms with Crippen molar-refractivity contribution in [1.29, 1.82) is 0 Å². The molecule has 0 aromatic heterocycles. The van der Waals surface area contributed by atoms with Crippen LogP contribution in [0.5, 0.6) is 0 Å². The van der Waals surface area contributed by atoms with Crippen molar-refractivity contribution < 1.29 is 4.79 Å². The third-order valence-corrected chi connectivity index (χ3v) is 2.98. The molecule has 0 aliphatic heterocycles. The van der Waals surface area contributed by atoms with Crippen LogP contribution in [0.2, 0.25) is 0 Å². The van der Waals surface area contributed by atoms with Gasteiger partial charge in [-0.05, 0) is 31.4 Å². The molecule has 3 heteroatoms. The molecule has 1 aliphatic carbocycles. The van der Waals surface area contributed by atoms with Crippen molar-refractivity contribution in [1.82, 2.24) is 0 Å². The van der Waals surface area contributed by atoms with Crippen LogP contribution in [0.3, 0.4) is 0 Å². The van der Waals surface area contributed by atoms with Gasteiger partial charge in [-0.15, -0.1) is 0 Å². The van der Waals surface area contributed by atoms with Gasteiger partial charge in [0.2, 0.25) is 5.91 Å². The summed E-state index contributed by atoms with van der Waals surface area (Å²) >= 11 is 0. The quantitative estimate of drug-likeness (QED) is 0.748. The van der Waals surface area contributed by atoms with E-state index in [2.05, 4.69) is 11.7 Å². The fourth-order valence-electron chi connectivity index (χ4n) is 2.02. The van der Waals surface area contributed by atoms with Gasteiger partial charge in [-0.3, -0.25) is 4.79 Å². The molecule has 1 unspecified atom stereocenters. The van der Waals surface area contributed by atoms with Crippen LogP contribution >= 0.6 is 0 Å². The molecule has 1 fully saturated rings. The maximum Gasteiger partial charge on any atom is 0.227 e. The number of rotatable bonds is 2. The molecule has 3 N–H and O–H groups in total. The fraction of sp³-hybridized carbons (Fsp3) is 0.385. The summed E-state index contributed by atoms with van der Waals surface area (Å²) in [6, 6.07) is 7.35. The van der Waals surface area contributed by atoms with Crippen molar-refractivity contribution in [2.75, 3.05) is 11.1 Å². The fourth-order valence-corrected chi connectivity index (χ4v) is 2.02. The summed E-state index contributed by atoms with van der Waals surface area (Å²) in [6.07, 6.45) is 6.45. The van der Waals surface area contributed by atoms with E-state index in [-0.39, 0.29) is 11.8 Å². The molecular formula is C13H17N2O. The Bertz CT molecular complexity index is 370. The van der Waals surface area contributed by atoms with Crippen molar-refractivity contribution in [3.05, 3.63) is 30.7 Å². The summed E-state index contributed by atoms with van der Waals surface area (Å²) in [5, 5.41) is 2.88. The van der Waals surface area contributed by atoms with E-state index in [0.717, 1.165) is 19.3 Å². The largest absolute Gasteiger partial charge is 0.397 e. The predicted molar refractivity (Wildman–Crippen MR) is 65.7 cm³/mol. The number of anilines is 2. The maximum absolute atomic E-state index is 11.9. The van der Waals surface area contributed by atoms with Gasteiger partial charge in [0.1, 0.15) is 0 Å². The number of carbonyl (C=O) groups is 1. The Balaban J connectivity index is 1.99. The first-order chi connectivity index (χ1) is 7.77. The van der Waals surface area contributed by atoms with Crippen LogP contribution in [0, 0.1) is 12.3 Å². The molecule has 1 saturated carbocycles. The molecule has 0 spiro atoms. The molecule has 1 aliphatic rings. The smallest absolute Gasteiger partial charge is 0.227 e. The van der Waals surface area contributed by atoms with Crippen molar-refractivity contribution in [3.63, 3.8) is 0 Å². The van der Waals surface area contributed by atoms with E-state index in [0.29, 0.717) is 11.4 Å². The van der Waals surface area contributed by atoms with Gasteiger partial charge >= 0.3 is 0 Å². The topological polar surface area (TPSA) is 55.1 Å². The van der Waals surface area contributed by atoms with Crippen LogP contribution in [0.4, 0.5) is 11.4 Å². The summed E-state index contributed by atoms with van der Waals surface area (Å²) in [4.78, 5) is 11.9. The highest BCUT2D eigenvalue weighted by molar-refractivity contribution is 5.96. The van der Waals surface area contributed by atoms with Gasteiger partial charge in [0.15, 0.2) is 0 Å². The minimum atomic E-state index is 0.0494. The Morgan fingerprint density at radius 1 is 1.31 bits per heavy atom. The lowest BCUT2D eigenvalue weighted by molar-refractivity contribution is -0.119. The Morgan fingerprint density at radius 3 is 2.81 bits per heavy atom. The monoisotopic (exact) mass is 217 g/mol. The first kappa shape index (κ1) is 11.0. The molecule has 1 atom stereocenters. The summed E-state index contributed by atoms with van der Waals surface area (Å²) in [7, 11) is 0. The average Bonchev–Trinajstić information content (AvgIpc) is 2.33. The molecule has 1 amide bonds. The Hall–Kier alpha value is -1.51. The average molecular weight is 217 g/mol. The molecule has 2 rings (SSSR count). The van der Waals surface area contributed by atoms with E-state index in [1.54, 1.807) is 6.07 Å². The van der Waals surface area contributed by atoms with Crippen molar-refractivity contribution in [2.45, 2.75) is 25.7 Å². The summed E-state index contributed by atoms with van der Waals surface area (Å²) in [5.41, 5.74) is 7.11. The Morgan fingerprint density at radius 2 is 2.12 bits per heavy atom. The van der Waals surface area contributed by atoms with Crippen molar-refractivity contribution in [3.8, 4) is 0 Å². The van der Waals surface area contributed by atoms with Crippen LogP contribution in [0.1, 0.15) is 25.7 Å². The van der Waals surface area contributed by atoms with Crippen LogP contribution in [0.25, 0.3) is 0 Å². The molecule has 1 radical (unpaired) electrons. The second kappa shape index (κ2) is 5.01. The third kappa shape index (κ3) is 2.54. The number of carbonyl (C=O) groups excluding carboxylic acids is 1. The molecule has 85 valence electrons. The van der Waals surface area contributed by atoms with Crippen molar-refractivity contribution >= 4 is 17.3 Å². The predicted octanol–water partition coefficient (Wildman–Crippen LogP) is 2.60. The standard InChI is InChI=1S/C13H17N2O/c14-11-8-4-5-9-12(11)15-13(16)10-6-2-1-3-7-10/h4-6,8-10H,1-3,7,14H2,(H,15,16). The van der Waals surface area contributed by atoms with Crippen LogP contribution < -0.4 is 11.1 Å². The molecule has 3 nitrogen and oxygen atoms in total. The molecule has 16 heavy (non-hydrogen) atoms. The van der Waals surface area contributed by atoms with E-state index in [1.807, 2.05) is 18.2 Å². The lowest BCUT2D eigenvalue weighted by Crippen LogP contribution is -2.25. The van der Waals surface area contributed by atoms with Crippen LogP contribution in [-0.2, 0) is 4.79 Å². The summed E-state index contributed by atoms with van der Waals surface area (Å²) < 4.78 is 0. The van der Waals surface area contributed by atoms with E-state index in [9.17, 15) is 4.79 Å². The highest BCUT2D eigenvalue weighted by Gasteiger charge is 2.21. The van der Waals surface area contributed by atoms with Gasteiger partial charge < -0.3 is 11.1 Å². The van der Waals surface area contributed by atoms with Crippen LogP contribution in [0.15, 0.2) is 24.3 Å².